The quantitative estimate of drug-likeness (QED) is 0.722. The van der Waals surface area contributed by atoms with Crippen LogP contribution < -0.4 is 5.56 Å². The summed E-state index contributed by atoms with van der Waals surface area (Å²) in [4.78, 5) is 17.3. The van der Waals surface area contributed by atoms with Crippen molar-refractivity contribution < 1.29 is 0 Å². The van der Waals surface area contributed by atoms with Crippen LogP contribution in [0.4, 0.5) is 0 Å². The lowest BCUT2D eigenvalue weighted by atomic mass is 9.74. The monoisotopic (exact) mass is 252 g/mol. The molecule has 0 radical (unpaired) electrons. The maximum Gasteiger partial charge on any atom is 0.265 e. The van der Waals surface area contributed by atoms with Gasteiger partial charge in [0.1, 0.15) is 5.82 Å². The third-order valence-electron chi connectivity index (χ3n) is 4.54. The topological polar surface area (TPSA) is 34.9 Å². The highest BCUT2D eigenvalue weighted by Crippen LogP contribution is 2.42. The van der Waals surface area contributed by atoms with Crippen molar-refractivity contribution in [3.63, 3.8) is 0 Å². The summed E-state index contributed by atoms with van der Waals surface area (Å²) in [5.41, 5.74) is 0.910. The van der Waals surface area contributed by atoms with Crippen LogP contribution in [0.2, 0.25) is 0 Å². The second-order valence-corrected chi connectivity index (χ2v) is 5.66. The Morgan fingerprint density at radius 3 is 2.74 bits per heavy atom. The van der Waals surface area contributed by atoms with E-state index < -0.39 is 0 Å². The Balaban J connectivity index is 2.01. The van der Waals surface area contributed by atoms with E-state index in [1.54, 1.807) is 4.57 Å². The zero-order valence-corrected chi connectivity index (χ0v) is 10.8. The Bertz CT molecular complexity index is 736. The van der Waals surface area contributed by atoms with Gasteiger partial charge in [0.15, 0.2) is 0 Å². The van der Waals surface area contributed by atoms with Crippen molar-refractivity contribution in [3.8, 4) is 0 Å². The predicted octanol–water partition coefficient (Wildman–Crippen LogP) is 3.08. The number of aromatic nitrogens is 2. The van der Waals surface area contributed by atoms with Crippen molar-refractivity contribution in [1.29, 1.82) is 0 Å². The van der Waals surface area contributed by atoms with Crippen LogP contribution in [0.3, 0.4) is 0 Å². The lowest BCUT2D eigenvalue weighted by Crippen LogP contribution is -2.31. The van der Waals surface area contributed by atoms with E-state index in [0.29, 0.717) is 5.39 Å². The lowest BCUT2D eigenvalue weighted by molar-refractivity contribution is 0.347. The summed E-state index contributed by atoms with van der Waals surface area (Å²) in [5, 5.41) is 0.712. The van der Waals surface area contributed by atoms with Gasteiger partial charge in [-0.25, -0.2) is 4.98 Å². The molecule has 4 rings (SSSR count). The van der Waals surface area contributed by atoms with Gasteiger partial charge in [0.25, 0.3) is 5.56 Å². The minimum absolute atomic E-state index is 0.0153. The fourth-order valence-electron chi connectivity index (χ4n) is 3.50. The molecule has 0 atom stereocenters. The van der Waals surface area contributed by atoms with Crippen LogP contribution in [0.15, 0.2) is 35.1 Å². The van der Waals surface area contributed by atoms with Crippen LogP contribution >= 0.6 is 0 Å². The molecule has 1 saturated carbocycles. The molecule has 1 aliphatic heterocycles. The molecule has 2 aromatic rings. The highest BCUT2D eigenvalue weighted by atomic mass is 16.1. The molecule has 1 aromatic carbocycles. The van der Waals surface area contributed by atoms with Crippen LogP contribution in [0.1, 0.15) is 37.9 Å². The van der Waals surface area contributed by atoms with E-state index >= 15 is 0 Å². The first-order valence-electron chi connectivity index (χ1n) is 7.01. The summed E-state index contributed by atoms with van der Waals surface area (Å²) in [5.74, 6) is 0.955. The largest absolute Gasteiger partial charge is 0.271 e. The van der Waals surface area contributed by atoms with E-state index in [-0.39, 0.29) is 11.0 Å². The molecule has 1 spiro atoms. The molecule has 1 aliphatic carbocycles. The van der Waals surface area contributed by atoms with E-state index in [2.05, 4.69) is 6.08 Å². The number of allylic oxidation sites excluding steroid dienone is 1. The molecule has 2 heterocycles. The normalized spacial score (nSPS) is 20.0. The summed E-state index contributed by atoms with van der Waals surface area (Å²) >= 11 is 0. The highest BCUT2D eigenvalue weighted by molar-refractivity contribution is 5.78. The van der Waals surface area contributed by atoms with E-state index in [1.165, 1.54) is 19.3 Å². The number of hydrogen-bond donors (Lipinski definition) is 0. The number of rotatable bonds is 0. The Morgan fingerprint density at radius 2 is 1.89 bits per heavy atom. The van der Waals surface area contributed by atoms with Crippen molar-refractivity contribution in [2.75, 3.05) is 0 Å². The van der Waals surface area contributed by atoms with Gasteiger partial charge < -0.3 is 0 Å². The first-order chi connectivity index (χ1) is 9.30. The molecule has 0 unspecified atom stereocenters. The van der Waals surface area contributed by atoms with Crippen LogP contribution in [-0.2, 0) is 5.41 Å². The fourth-order valence-corrected chi connectivity index (χ4v) is 3.50. The number of nitrogens with zero attached hydrogens (tertiary/aromatic N) is 2. The first-order valence-corrected chi connectivity index (χ1v) is 7.01. The standard InChI is InChI=1S/C16H16N2O/c19-14-12-6-2-3-7-13(12)17-15-16(10-11-18(14)15)8-4-1-5-9-16/h2-3,6-7,10-11H,1,4-5,8-9H2. The van der Waals surface area contributed by atoms with Gasteiger partial charge in [0.2, 0.25) is 0 Å². The predicted molar refractivity (Wildman–Crippen MR) is 76.1 cm³/mol. The molecule has 3 heteroatoms. The lowest BCUT2D eigenvalue weighted by Gasteiger charge is -2.31. The van der Waals surface area contributed by atoms with Crippen molar-refractivity contribution in [1.82, 2.24) is 9.55 Å². The van der Waals surface area contributed by atoms with Gasteiger partial charge in [0, 0.05) is 11.6 Å². The molecule has 0 amide bonds. The van der Waals surface area contributed by atoms with E-state index in [1.807, 2.05) is 30.5 Å². The molecule has 2 aliphatic rings. The average molecular weight is 252 g/mol. The molecular formula is C16H16N2O. The third kappa shape index (κ3) is 1.44. The minimum Gasteiger partial charge on any atom is -0.271 e. The maximum atomic E-state index is 12.5. The SMILES string of the molecule is O=c1c2ccccc2nc2n1C=CC21CCCCC1. The van der Waals surface area contributed by atoms with Gasteiger partial charge >= 0.3 is 0 Å². The molecule has 19 heavy (non-hydrogen) atoms. The Morgan fingerprint density at radius 1 is 1.11 bits per heavy atom. The Kier molecular flexibility index (Phi) is 2.19. The van der Waals surface area contributed by atoms with Crippen molar-refractivity contribution in [3.05, 3.63) is 46.5 Å². The summed E-state index contributed by atoms with van der Waals surface area (Å²) in [6.07, 6.45) is 10.1. The molecule has 3 nitrogen and oxygen atoms in total. The second-order valence-electron chi connectivity index (χ2n) is 5.66. The summed E-state index contributed by atoms with van der Waals surface area (Å²) in [6.45, 7) is 0. The molecular weight excluding hydrogens is 236 g/mol. The van der Waals surface area contributed by atoms with Crippen molar-refractivity contribution in [2.45, 2.75) is 37.5 Å². The van der Waals surface area contributed by atoms with E-state index in [9.17, 15) is 4.79 Å². The van der Waals surface area contributed by atoms with E-state index in [4.69, 9.17) is 4.98 Å². The second kappa shape index (κ2) is 3.80. The molecule has 0 N–H and O–H groups in total. The van der Waals surface area contributed by atoms with Gasteiger partial charge in [-0.15, -0.1) is 0 Å². The average Bonchev–Trinajstić information content (AvgIpc) is 2.79. The minimum atomic E-state index is 0.0153. The Labute approximate surface area is 111 Å². The van der Waals surface area contributed by atoms with Crippen LogP contribution in [0, 0.1) is 0 Å². The molecule has 0 bridgehead atoms. The van der Waals surface area contributed by atoms with E-state index in [0.717, 1.165) is 24.2 Å². The molecule has 1 aromatic heterocycles. The molecule has 0 saturated heterocycles. The maximum absolute atomic E-state index is 12.5. The van der Waals surface area contributed by atoms with Crippen molar-refractivity contribution >= 4 is 17.1 Å². The number of hydrogen-bond acceptors (Lipinski definition) is 2. The van der Waals surface area contributed by atoms with Crippen molar-refractivity contribution in [2.24, 2.45) is 0 Å². The van der Waals surface area contributed by atoms with Gasteiger partial charge in [0.05, 0.1) is 10.9 Å². The third-order valence-corrected chi connectivity index (χ3v) is 4.54. The molecule has 1 fully saturated rings. The zero-order chi connectivity index (χ0) is 12.9. The fraction of sp³-hybridized carbons (Fsp3) is 0.375. The zero-order valence-electron chi connectivity index (χ0n) is 10.8. The van der Waals surface area contributed by atoms with Crippen LogP contribution in [-0.4, -0.2) is 9.55 Å². The van der Waals surface area contributed by atoms with Gasteiger partial charge in [-0.05, 0) is 25.0 Å². The Hall–Kier alpha value is -1.90. The summed E-state index contributed by atoms with van der Waals surface area (Å²) in [6, 6.07) is 7.64. The van der Waals surface area contributed by atoms with Gasteiger partial charge in [-0.1, -0.05) is 37.5 Å². The summed E-state index contributed by atoms with van der Waals surface area (Å²) in [7, 11) is 0. The van der Waals surface area contributed by atoms with Gasteiger partial charge in [-0.2, -0.15) is 0 Å². The number of para-hydroxylation sites is 1. The number of fused-ring (bicyclic) bond motifs is 3. The number of benzene rings is 1. The van der Waals surface area contributed by atoms with Crippen LogP contribution in [0.5, 0.6) is 0 Å². The summed E-state index contributed by atoms with van der Waals surface area (Å²) < 4.78 is 1.76. The first kappa shape index (κ1) is 11.0. The smallest absolute Gasteiger partial charge is 0.265 e. The molecule has 96 valence electrons. The highest BCUT2D eigenvalue weighted by Gasteiger charge is 2.38. The van der Waals surface area contributed by atoms with Gasteiger partial charge in [-0.3, -0.25) is 9.36 Å². The van der Waals surface area contributed by atoms with Crippen LogP contribution in [0.25, 0.3) is 17.1 Å².